The molecule has 0 aliphatic carbocycles. The van der Waals surface area contributed by atoms with E-state index in [1.807, 2.05) is 13.0 Å². The van der Waals surface area contributed by atoms with Crippen LogP contribution in [-0.4, -0.2) is 19.2 Å². The van der Waals surface area contributed by atoms with Gasteiger partial charge in [-0.2, -0.15) is 0 Å². The maximum atomic E-state index is 11.6. The van der Waals surface area contributed by atoms with Gasteiger partial charge >= 0.3 is 5.97 Å². The molecule has 2 rings (SSSR count). The van der Waals surface area contributed by atoms with Gasteiger partial charge < -0.3 is 9.47 Å². The first-order valence-electron chi connectivity index (χ1n) is 7.07. The first-order chi connectivity index (χ1) is 9.41. The zero-order valence-electron chi connectivity index (χ0n) is 12.7. The number of ether oxygens (including phenoxy) is 2. The highest BCUT2D eigenvalue weighted by Gasteiger charge is 2.20. The molecular weight excluding hydrogens is 252 g/mol. The summed E-state index contributed by atoms with van der Waals surface area (Å²) in [7, 11) is 0. The largest absolute Gasteiger partial charge is 0.493 e. The summed E-state index contributed by atoms with van der Waals surface area (Å²) in [6.07, 6.45) is 2.32. The Balaban J connectivity index is 2.35. The van der Waals surface area contributed by atoms with E-state index in [0.29, 0.717) is 13.2 Å². The SMILES string of the molecule is CCOC(=O)C=C1CCOc2cc(C(C)(C)C)ccc21. The van der Waals surface area contributed by atoms with Crippen LogP contribution in [0.5, 0.6) is 5.75 Å². The van der Waals surface area contributed by atoms with Crippen LogP contribution in [0.25, 0.3) is 5.57 Å². The number of carbonyl (C=O) groups is 1. The van der Waals surface area contributed by atoms with E-state index in [0.717, 1.165) is 23.3 Å². The molecule has 1 aliphatic rings. The zero-order valence-corrected chi connectivity index (χ0v) is 12.7. The average Bonchev–Trinajstić information content (AvgIpc) is 2.37. The molecule has 0 saturated carbocycles. The van der Waals surface area contributed by atoms with Gasteiger partial charge in [-0.25, -0.2) is 4.79 Å². The van der Waals surface area contributed by atoms with E-state index >= 15 is 0 Å². The molecule has 3 heteroatoms. The lowest BCUT2D eigenvalue weighted by Gasteiger charge is -2.25. The summed E-state index contributed by atoms with van der Waals surface area (Å²) in [6, 6.07) is 6.22. The maximum Gasteiger partial charge on any atom is 0.331 e. The molecule has 0 spiro atoms. The van der Waals surface area contributed by atoms with Gasteiger partial charge in [0.1, 0.15) is 5.75 Å². The molecular formula is C17H22O3. The minimum Gasteiger partial charge on any atom is -0.493 e. The smallest absolute Gasteiger partial charge is 0.331 e. The van der Waals surface area contributed by atoms with Crippen LogP contribution in [0.4, 0.5) is 0 Å². The molecule has 108 valence electrons. The lowest BCUT2D eigenvalue weighted by atomic mass is 9.85. The Morgan fingerprint density at radius 2 is 2.15 bits per heavy atom. The molecule has 1 aromatic rings. The molecule has 20 heavy (non-hydrogen) atoms. The number of rotatable bonds is 2. The molecule has 0 atom stereocenters. The topological polar surface area (TPSA) is 35.5 Å². The maximum absolute atomic E-state index is 11.6. The van der Waals surface area contributed by atoms with Crippen molar-refractivity contribution in [2.45, 2.75) is 39.5 Å². The molecule has 0 unspecified atom stereocenters. The third kappa shape index (κ3) is 3.21. The molecule has 3 nitrogen and oxygen atoms in total. The fourth-order valence-corrected chi connectivity index (χ4v) is 2.26. The van der Waals surface area contributed by atoms with E-state index in [9.17, 15) is 4.79 Å². The first-order valence-corrected chi connectivity index (χ1v) is 7.07. The van der Waals surface area contributed by atoms with Crippen LogP contribution >= 0.6 is 0 Å². The van der Waals surface area contributed by atoms with Gasteiger partial charge in [-0.3, -0.25) is 0 Å². The predicted octanol–water partition coefficient (Wildman–Crippen LogP) is 3.71. The Morgan fingerprint density at radius 1 is 1.40 bits per heavy atom. The normalized spacial score (nSPS) is 16.5. The van der Waals surface area contributed by atoms with Gasteiger partial charge in [-0.05, 0) is 29.5 Å². The van der Waals surface area contributed by atoms with Gasteiger partial charge in [0, 0.05) is 18.1 Å². The summed E-state index contributed by atoms with van der Waals surface area (Å²) in [5.74, 6) is 0.578. The second-order valence-corrected chi connectivity index (χ2v) is 5.98. The zero-order chi connectivity index (χ0) is 14.8. The van der Waals surface area contributed by atoms with Crippen molar-refractivity contribution in [2.24, 2.45) is 0 Å². The first kappa shape index (κ1) is 14.6. The number of benzene rings is 1. The summed E-state index contributed by atoms with van der Waals surface area (Å²) in [5, 5.41) is 0. The van der Waals surface area contributed by atoms with Crippen molar-refractivity contribution >= 4 is 11.5 Å². The summed E-state index contributed by atoms with van der Waals surface area (Å²) in [4.78, 5) is 11.6. The summed E-state index contributed by atoms with van der Waals surface area (Å²) < 4.78 is 10.7. The van der Waals surface area contributed by atoms with E-state index in [-0.39, 0.29) is 11.4 Å². The van der Waals surface area contributed by atoms with E-state index in [4.69, 9.17) is 9.47 Å². The standard InChI is InChI=1S/C17H22O3/c1-5-19-16(18)10-12-8-9-20-15-11-13(17(2,3)4)6-7-14(12)15/h6-7,10-11H,5,8-9H2,1-4H3. The number of hydrogen-bond acceptors (Lipinski definition) is 3. The highest BCUT2D eigenvalue weighted by Crippen LogP contribution is 2.36. The van der Waals surface area contributed by atoms with Gasteiger partial charge in [0.2, 0.25) is 0 Å². The Hall–Kier alpha value is -1.77. The highest BCUT2D eigenvalue weighted by molar-refractivity contribution is 5.92. The molecule has 0 bridgehead atoms. The van der Waals surface area contributed by atoms with Crippen molar-refractivity contribution in [1.29, 1.82) is 0 Å². The fourth-order valence-electron chi connectivity index (χ4n) is 2.26. The van der Waals surface area contributed by atoms with Crippen LogP contribution in [0.1, 0.15) is 45.2 Å². The van der Waals surface area contributed by atoms with Gasteiger partial charge in [0.05, 0.1) is 13.2 Å². The number of fused-ring (bicyclic) bond motifs is 1. The summed E-state index contributed by atoms with van der Waals surface area (Å²) >= 11 is 0. The van der Waals surface area contributed by atoms with Gasteiger partial charge in [0.15, 0.2) is 0 Å². The van der Waals surface area contributed by atoms with Crippen LogP contribution in [0.15, 0.2) is 24.3 Å². The number of hydrogen-bond donors (Lipinski definition) is 0. The number of esters is 1. The van der Waals surface area contributed by atoms with Gasteiger partial charge in [0.25, 0.3) is 0 Å². The molecule has 0 N–H and O–H groups in total. The summed E-state index contributed by atoms with van der Waals surface area (Å²) in [6.45, 7) is 9.33. The van der Waals surface area contributed by atoms with Crippen LogP contribution in [0.2, 0.25) is 0 Å². The van der Waals surface area contributed by atoms with Gasteiger partial charge in [-0.1, -0.05) is 32.9 Å². The van der Waals surface area contributed by atoms with E-state index < -0.39 is 0 Å². The lowest BCUT2D eigenvalue weighted by Crippen LogP contribution is -2.14. The molecule has 0 saturated heterocycles. The second kappa shape index (κ2) is 5.70. The molecule has 1 aliphatic heterocycles. The van der Waals surface area contributed by atoms with Crippen molar-refractivity contribution in [3.63, 3.8) is 0 Å². The van der Waals surface area contributed by atoms with Crippen LogP contribution in [0.3, 0.4) is 0 Å². The minimum absolute atomic E-state index is 0.0842. The van der Waals surface area contributed by atoms with E-state index in [2.05, 4.69) is 32.9 Å². The lowest BCUT2D eigenvalue weighted by molar-refractivity contribution is -0.137. The molecule has 1 heterocycles. The Labute approximate surface area is 120 Å². The third-order valence-electron chi connectivity index (χ3n) is 3.40. The van der Waals surface area contributed by atoms with Gasteiger partial charge in [-0.15, -0.1) is 0 Å². The molecule has 0 radical (unpaired) electrons. The minimum atomic E-state index is -0.282. The van der Waals surface area contributed by atoms with Crippen LogP contribution in [0, 0.1) is 0 Å². The van der Waals surface area contributed by atoms with Crippen LogP contribution in [-0.2, 0) is 14.9 Å². The van der Waals surface area contributed by atoms with Crippen molar-refractivity contribution in [3.8, 4) is 5.75 Å². The molecule has 1 aromatic carbocycles. The molecule has 0 aromatic heterocycles. The third-order valence-corrected chi connectivity index (χ3v) is 3.40. The van der Waals surface area contributed by atoms with Crippen LogP contribution < -0.4 is 4.74 Å². The Morgan fingerprint density at radius 3 is 2.80 bits per heavy atom. The Bertz CT molecular complexity index is 536. The van der Waals surface area contributed by atoms with Crippen molar-refractivity contribution in [2.75, 3.05) is 13.2 Å². The van der Waals surface area contributed by atoms with E-state index in [1.165, 1.54) is 5.56 Å². The predicted molar refractivity (Wildman–Crippen MR) is 79.9 cm³/mol. The monoisotopic (exact) mass is 274 g/mol. The fraction of sp³-hybridized carbons (Fsp3) is 0.471. The Kier molecular flexibility index (Phi) is 4.17. The van der Waals surface area contributed by atoms with Crippen molar-refractivity contribution in [1.82, 2.24) is 0 Å². The summed E-state index contributed by atoms with van der Waals surface area (Å²) in [5.41, 5.74) is 3.30. The molecule has 0 fully saturated rings. The van der Waals surface area contributed by atoms with Crippen molar-refractivity contribution < 1.29 is 14.3 Å². The second-order valence-electron chi connectivity index (χ2n) is 5.98. The quantitative estimate of drug-likeness (QED) is 0.609. The van der Waals surface area contributed by atoms with Crippen molar-refractivity contribution in [3.05, 3.63) is 35.4 Å². The van der Waals surface area contributed by atoms with E-state index in [1.54, 1.807) is 6.08 Å². The highest BCUT2D eigenvalue weighted by atomic mass is 16.5. The number of carbonyl (C=O) groups excluding carboxylic acids is 1. The molecule has 0 amide bonds. The average molecular weight is 274 g/mol.